The van der Waals surface area contributed by atoms with Crippen LogP contribution in [0.1, 0.15) is 18.9 Å². The quantitative estimate of drug-likeness (QED) is 0.815. The third kappa shape index (κ3) is 4.86. The van der Waals surface area contributed by atoms with Crippen LogP contribution in [0, 0.1) is 17.2 Å². The van der Waals surface area contributed by atoms with Gasteiger partial charge in [0.25, 0.3) is 0 Å². The van der Waals surface area contributed by atoms with Gasteiger partial charge in [0.05, 0.1) is 17.7 Å². The third-order valence-electron chi connectivity index (χ3n) is 2.69. The van der Waals surface area contributed by atoms with Gasteiger partial charge in [-0.1, -0.05) is 0 Å². The number of nitrogens with zero attached hydrogens (tertiary/aromatic N) is 1. The number of nitriles is 1. The summed E-state index contributed by atoms with van der Waals surface area (Å²) in [5, 5.41) is 20.1. The van der Waals surface area contributed by atoms with Crippen LogP contribution in [-0.4, -0.2) is 22.9 Å². The highest BCUT2D eigenvalue weighted by atomic mass is 19.4. The van der Waals surface area contributed by atoms with Gasteiger partial charge in [0, 0.05) is 12.1 Å². The van der Waals surface area contributed by atoms with Gasteiger partial charge in [-0.3, -0.25) is 9.59 Å². The fourth-order valence-corrected chi connectivity index (χ4v) is 1.64. The van der Waals surface area contributed by atoms with E-state index in [2.05, 4.69) is 5.32 Å². The molecule has 22 heavy (non-hydrogen) atoms. The number of nitrogens with one attached hydrogen (secondary N) is 1. The van der Waals surface area contributed by atoms with E-state index in [-0.39, 0.29) is 12.1 Å². The maximum absolute atomic E-state index is 12.4. The van der Waals surface area contributed by atoms with E-state index in [1.807, 2.05) is 0 Å². The van der Waals surface area contributed by atoms with Crippen LogP contribution in [0.25, 0.3) is 0 Å². The first-order valence-electron chi connectivity index (χ1n) is 6.23. The first-order chi connectivity index (χ1) is 10.1. The molecule has 5 nitrogen and oxygen atoms in total. The average Bonchev–Trinajstić information content (AvgIpc) is 2.38. The number of alkyl halides is 3. The first-order valence-corrected chi connectivity index (χ1v) is 6.23. The van der Waals surface area contributed by atoms with Gasteiger partial charge in [-0.05, 0) is 31.2 Å². The zero-order valence-electron chi connectivity index (χ0n) is 11.5. The number of aliphatic hydroxyl groups excluding tert-OH is 1. The van der Waals surface area contributed by atoms with Crippen molar-refractivity contribution < 1.29 is 27.9 Å². The Bertz CT molecular complexity index is 589. The summed E-state index contributed by atoms with van der Waals surface area (Å²) < 4.78 is 37.2. The van der Waals surface area contributed by atoms with Crippen LogP contribution >= 0.6 is 0 Å². The Morgan fingerprint density at radius 1 is 1.32 bits per heavy atom. The van der Waals surface area contributed by atoms with E-state index in [9.17, 15) is 22.8 Å². The number of carbonyl (C=O) groups is 2. The number of carbonyl (C=O) groups excluding carboxylic acids is 2. The number of benzene rings is 1. The van der Waals surface area contributed by atoms with Crippen molar-refractivity contribution in [3.8, 4) is 6.07 Å². The van der Waals surface area contributed by atoms with Crippen molar-refractivity contribution in [1.82, 2.24) is 0 Å². The van der Waals surface area contributed by atoms with Crippen LogP contribution in [0.5, 0.6) is 0 Å². The molecule has 0 aliphatic carbocycles. The lowest BCUT2D eigenvalue weighted by Crippen LogP contribution is -2.30. The minimum atomic E-state index is -4.50. The first kappa shape index (κ1) is 17.7. The molecule has 1 rings (SSSR count). The van der Waals surface area contributed by atoms with Crippen molar-refractivity contribution in [3.05, 3.63) is 29.8 Å². The predicted molar refractivity (Wildman–Crippen MR) is 70.5 cm³/mol. The highest BCUT2D eigenvalue weighted by molar-refractivity contribution is 6.09. The van der Waals surface area contributed by atoms with Gasteiger partial charge in [-0.15, -0.1) is 0 Å². The monoisotopic (exact) mass is 314 g/mol. The summed E-state index contributed by atoms with van der Waals surface area (Å²) in [6.45, 7) is 1.33. The normalized spacial score (nSPS) is 13.8. The predicted octanol–water partition coefficient (Wildman–Crippen LogP) is 2.12. The Hall–Kier alpha value is -2.40. The van der Waals surface area contributed by atoms with E-state index < -0.39 is 35.5 Å². The summed E-state index contributed by atoms with van der Waals surface area (Å²) in [6.07, 6.45) is -5.86. The fourth-order valence-electron chi connectivity index (χ4n) is 1.64. The molecular formula is C14H13F3N2O3. The molecule has 8 heteroatoms. The zero-order valence-corrected chi connectivity index (χ0v) is 11.5. The van der Waals surface area contributed by atoms with E-state index in [0.29, 0.717) is 0 Å². The van der Waals surface area contributed by atoms with Crippen molar-refractivity contribution in [1.29, 1.82) is 5.26 Å². The molecular weight excluding hydrogens is 301 g/mol. The van der Waals surface area contributed by atoms with Gasteiger partial charge in [-0.2, -0.15) is 18.4 Å². The lowest BCUT2D eigenvalue weighted by atomic mass is 10.00. The van der Waals surface area contributed by atoms with Gasteiger partial charge in [0.1, 0.15) is 0 Å². The van der Waals surface area contributed by atoms with Gasteiger partial charge in [0.2, 0.25) is 5.91 Å². The number of hydrogen-bond acceptors (Lipinski definition) is 4. The van der Waals surface area contributed by atoms with Gasteiger partial charge in [-0.25, -0.2) is 0 Å². The second-order valence-corrected chi connectivity index (χ2v) is 4.65. The van der Waals surface area contributed by atoms with E-state index in [1.54, 1.807) is 0 Å². The Morgan fingerprint density at radius 2 is 1.86 bits per heavy atom. The van der Waals surface area contributed by atoms with Crippen LogP contribution in [0.2, 0.25) is 0 Å². The standard InChI is InChI=1S/C14H13F3N2O3/c1-8(20)6-12(21)11(7-18)13(22)19-10-4-2-9(3-5-10)14(15,16)17/h2-5,8,11,20H,6H2,1H3,(H,19,22)/t8-,11?/m1/s1. The Balaban J connectivity index is 2.79. The number of ketones is 1. The van der Waals surface area contributed by atoms with Gasteiger partial charge < -0.3 is 10.4 Å². The highest BCUT2D eigenvalue weighted by Crippen LogP contribution is 2.29. The number of hydrogen-bond donors (Lipinski definition) is 2. The van der Waals surface area contributed by atoms with Crippen molar-refractivity contribution in [2.24, 2.45) is 5.92 Å². The molecule has 0 aromatic heterocycles. The molecule has 118 valence electrons. The number of rotatable bonds is 5. The van der Waals surface area contributed by atoms with Crippen molar-refractivity contribution in [2.75, 3.05) is 5.32 Å². The van der Waals surface area contributed by atoms with Crippen LogP contribution in [-0.2, 0) is 15.8 Å². The molecule has 0 spiro atoms. The van der Waals surface area contributed by atoms with E-state index >= 15 is 0 Å². The lowest BCUT2D eigenvalue weighted by molar-refractivity contribution is -0.137. The zero-order chi connectivity index (χ0) is 16.9. The molecule has 2 atom stereocenters. The maximum atomic E-state index is 12.4. The summed E-state index contributed by atoms with van der Waals surface area (Å²) >= 11 is 0. The molecule has 0 bridgehead atoms. The minimum absolute atomic E-state index is 0.0306. The molecule has 2 N–H and O–H groups in total. The number of amides is 1. The number of halogens is 3. The summed E-state index contributed by atoms with van der Waals surface area (Å²) in [7, 11) is 0. The molecule has 0 fully saturated rings. The summed E-state index contributed by atoms with van der Waals surface area (Å²) in [5.74, 6) is -3.34. The van der Waals surface area contributed by atoms with E-state index in [0.717, 1.165) is 24.3 Å². The Morgan fingerprint density at radius 3 is 2.27 bits per heavy atom. The molecule has 1 aromatic carbocycles. The summed E-state index contributed by atoms with van der Waals surface area (Å²) in [4.78, 5) is 23.4. The van der Waals surface area contributed by atoms with Crippen LogP contribution in [0.4, 0.5) is 18.9 Å². The van der Waals surface area contributed by atoms with E-state index in [4.69, 9.17) is 10.4 Å². The molecule has 1 amide bonds. The number of aliphatic hydroxyl groups is 1. The SMILES string of the molecule is C[C@@H](O)CC(=O)C(C#N)C(=O)Nc1ccc(C(F)(F)F)cc1. The van der Waals surface area contributed by atoms with Crippen molar-refractivity contribution in [3.63, 3.8) is 0 Å². The average molecular weight is 314 g/mol. The second kappa shape index (κ2) is 7.04. The van der Waals surface area contributed by atoms with E-state index in [1.165, 1.54) is 13.0 Å². The summed E-state index contributed by atoms with van der Waals surface area (Å²) in [5.41, 5.74) is -0.851. The Kier molecular flexibility index (Phi) is 5.65. The minimum Gasteiger partial charge on any atom is -0.393 e. The molecule has 0 saturated carbocycles. The largest absolute Gasteiger partial charge is 0.416 e. The third-order valence-corrected chi connectivity index (χ3v) is 2.69. The molecule has 0 saturated heterocycles. The Labute approximate surface area is 124 Å². The molecule has 0 aliphatic heterocycles. The lowest BCUT2D eigenvalue weighted by Gasteiger charge is -2.11. The molecule has 0 radical (unpaired) electrons. The number of anilines is 1. The van der Waals surface area contributed by atoms with Crippen molar-refractivity contribution >= 4 is 17.4 Å². The molecule has 0 heterocycles. The topological polar surface area (TPSA) is 90.2 Å². The molecule has 1 unspecified atom stereocenters. The fraction of sp³-hybridized carbons (Fsp3) is 0.357. The summed E-state index contributed by atoms with van der Waals surface area (Å²) in [6, 6.07) is 5.10. The van der Waals surface area contributed by atoms with Crippen molar-refractivity contribution in [2.45, 2.75) is 25.6 Å². The number of Topliss-reactive ketones (excluding diaryl/α,β-unsaturated/α-hetero) is 1. The smallest absolute Gasteiger partial charge is 0.393 e. The van der Waals surface area contributed by atoms with Crippen LogP contribution in [0.15, 0.2) is 24.3 Å². The molecule has 1 aromatic rings. The maximum Gasteiger partial charge on any atom is 0.416 e. The second-order valence-electron chi connectivity index (χ2n) is 4.65. The molecule has 0 aliphatic rings. The van der Waals surface area contributed by atoms with Gasteiger partial charge in [0.15, 0.2) is 11.7 Å². The van der Waals surface area contributed by atoms with Crippen LogP contribution < -0.4 is 5.32 Å². The van der Waals surface area contributed by atoms with Gasteiger partial charge >= 0.3 is 6.18 Å². The highest BCUT2D eigenvalue weighted by Gasteiger charge is 2.30. The van der Waals surface area contributed by atoms with Crippen LogP contribution in [0.3, 0.4) is 0 Å².